The van der Waals surface area contributed by atoms with Crippen molar-refractivity contribution in [3.05, 3.63) is 66.4 Å². The van der Waals surface area contributed by atoms with Crippen LogP contribution in [0.5, 0.6) is 11.5 Å². The first-order valence-electron chi connectivity index (χ1n) is 9.19. The highest BCUT2D eigenvalue weighted by Gasteiger charge is 2.11. The lowest BCUT2D eigenvalue weighted by molar-refractivity contribution is -0.121. The number of furan rings is 1. The van der Waals surface area contributed by atoms with Crippen molar-refractivity contribution in [1.82, 2.24) is 10.3 Å². The van der Waals surface area contributed by atoms with Crippen LogP contribution in [-0.2, 0) is 11.3 Å². The van der Waals surface area contributed by atoms with Gasteiger partial charge in [0, 0.05) is 0 Å². The monoisotopic (exact) mass is 408 g/mol. The van der Waals surface area contributed by atoms with Crippen LogP contribution in [0.4, 0.5) is 0 Å². The first-order chi connectivity index (χ1) is 14.2. The molecule has 6 nitrogen and oxygen atoms in total. The molecule has 1 N–H and O–H groups in total. The number of nitrogens with one attached hydrogen (secondary N) is 1. The second-order valence-electron chi connectivity index (χ2n) is 6.30. The van der Waals surface area contributed by atoms with E-state index in [4.69, 9.17) is 13.9 Å². The van der Waals surface area contributed by atoms with Crippen molar-refractivity contribution in [2.24, 2.45) is 0 Å². The number of hydrogen-bond acceptors (Lipinski definition) is 6. The van der Waals surface area contributed by atoms with Gasteiger partial charge in [0.25, 0.3) is 0 Å². The van der Waals surface area contributed by atoms with Crippen molar-refractivity contribution in [1.29, 1.82) is 0 Å². The second kappa shape index (κ2) is 8.79. The Morgan fingerprint density at radius 1 is 1.07 bits per heavy atom. The molecule has 7 heteroatoms. The standard InChI is InChI=1S/C22H20N2O4S/c1-26-15-6-8-16(9-7-15)27-13-12-21(25)23-14-17-10-11-19(28-17)22-24-18-4-2-3-5-20(18)29-22/h2-11H,12-14H2,1H3,(H,23,25). The lowest BCUT2D eigenvalue weighted by atomic mass is 10.3. The molecule has 2 aromatic carbocycles. The van der Waals surface area contributed by atoms with E-state index in [-0.39, 0.29) is 12.3 Å². The van der Waals surface area contributed by atoms with Crippen LogP contribution >= 0.6 is 11.3 Å². The summed E-state index contributed by atoms with van der Waals surface area (Å²) in [6, 6.07) is 19.0. The predicted molar refractivity (Wildman–Crippen MR) is 112 cm³/mol. The van der Waals surface area contributed by atoms with Crippen LogP contribution in [0.3, 0.4) is 0 Å². The maximum absolute atomic E-state index is 12.0. The quantitative estimate of drug-likeness (QED) is 0.459. The van der Waals surface area contributed by atoms with E-state index in [0.29, 0.717) is 30.4 Å². The number of amides is 1. The summed E-state index contributed by atoms with van der Waals surface area (Å²) in [7, 11) is 1.61. The van der Waals surface area contributed by atoms with Crippen LogP contribution in [0.1, 0.15) is 12.2 Å². The van der Waals surface area contributed by atoms with Gasteiger partial charge in [0.1, 0.15) is 17.3 Å². The summed E-state index contributed by atoms with van der Waals surface area (Å²) in [5.41, 5.74) is 0.954. The van der Waals surface area contributed by atoms with Gasteiger partial charge in [-0.15, -0.1) is 11.3 Å². The van der Waals surface area contributed by atoms with E-state index < -0.39 is 0 Å². The summed E-state index contributed by atoms with van der Waals surface area (Å²) >= 11 is 1.58. The molecule has 0 fully saturated rings. The molecule has 1 amide bonds. The van der Waals surface area contributed by atoms with E-state index in [1.54, 1.807) is 18.4 Å². The third kappa shape index (κ3) is 4.75. The van der Waals surface area contributed by atoms with E-state index in [9.17, 15) is 4.79 Å². The molecule has 0 spiro atoms. The summed E-state index contributed by atoms with van der Waals surface area (Å²) in [6.07, 6.45) is 0.261. The van der Waals surface area contributed by atoms with E-state index in [1.807, 2.05) is 60.7 Å². The minimum absolute atomic E-state index is 0.101. The highest BCUT2D eigenvalue weighted by Crippen LogP contribution is 2.31. The summed E-state index contributed by atoms with van der Waals surface area (Å²) in [6.45, 7) is 0.625. The molecule has 2 aromatic heterocycles. The summed E-state index contributed by atoms with van der Waals surface area (Å²) in [4.78, 5) is 16.6. The summed E-state index contributed by atoms with van der Waals surface area (Å²) in [5.74, 6) is 2.75. The van der Waals surface area contributed by atoms with Gasteiger partial charge in [-0.3, -0.25) is 4.79 Å². The molecule has 4 rings (SSSR count). The number of aromatic nitrogens is 1. The lowest BCUT2D eigenvalue weighted by Gasteiger charge is -2.07. The molecule has 0 bridgehead atoms. The molecule has 0 atom stereocenters. The molecular weight excluding hydrogens is 388 g/mol. The molecule has 29 heavy (non-hydrogen) atoms. The molecule has 0 aliphatic carbocycles. The number of nitrogens with zero attached hydrogens (tertiary/aromatic N) is 1. The largest absolute Gasteiger partial charge is 0.497 e. The van der Waals surface area contributed by atoms with Crippen LogP contribution in [0.2, 0.25) is 0 Å². The normalized spacial score (nSPS) is 10.8. The molecule has 148 valence electrons. The maximum Gasteiger partial charge on any atom is 0.223 e. The molecule has 2 heterocycles. The van der Waals surface area contributed by atoms with Gasteiger partial charge in [-0.05, 0) is 48.5 Å². The number of ether oxygens (including phenoxy) is 2. The molecule has 0 saturated carbocycles. The van der Waals surface area contributed by atoms with Crippen molar-refractivity contribution in [2.75, 3.05) is 13.7 Å². The Kier molecular flexibility index (Phi) is 5.76. The third-order valence-electron chi connectivity index (χ3n) is 4.28. The van der Waals surface area contributed by atoms with Gasteiger partial charge >= 0.3 is 0 Å². The Bertz CT molecular complexity index is 1070. The zero-order chi connectivity index (χ0) is 20.1. The van der Waals surface area contributed by atoms with Gasteiger partial charge in [0.2, 0.25) is 5.91 Å². The van der Waals surface area contributed by atoms with Gasteiger partial charge in [-0.25, -0.2) is 4.98 Å². The Hall–Kier alpha value is -3.32. The Balaban J connectivity index is 1.25. The summed E-state index contributed by atoms with van der Waals surface area (Å²) in [5, 5.41) is 3.68. The van der Waals surface area contributed by atoms with E-state index in [1.165, 1.54) is 0 Å². The van der Waals surface area contributed by atoms with Gasteiger partial charge in [0.05, 0.1) is 36.9 Å². The minimum atomic E-state index is -0.101. The number of thiazole rings is 1. The molecule has 0 aliphatic rings. The third-order valence-corrected chi connectivity index (χ3v) is 5.33. The number of hydrogen-bond donors (Lipinski definition) is 1. The highest BCUT2D eigenvalue weighted by molar-refractivity contribution is 7.21. The summed E-state index contributed by atoms with van der Waals surface area (Å²) < 4.78 is 17.6. The van der Waals surface area contributed by atoms with Crippen molar-refractivity contribution in [3.63, 3.8) is 0 Å². The van der Waals surface area contributed by atoms with Gasteiger partial charge in [-0.1, -0.05) is 12.1 Å². The maximum atomic E-state index is 12.0. The molecular formula is C22H20N2O4S. The number of rotatable bonds is 8. The SMILES string of the molecule is COc1ccc(OCCC(=O)NCc2ccc(-c3nc4ccccc4s3)o2)cc1. The Labute approximate surface area is 172 Å². The molecule has 0 unspecified atom stereocenters. The van der Waals surface area contributed by atoms with Crippen LogP contribution in [0.25, 0.3) is 21.0 Å². The fraction of sp³-hybridized carbons (Fsp3) is 0.182. The topological polar surface area (TPSA) is 73.6 Å². The zero-order valence-electron chi connectivity index (χ0n) is 15.9. The fourth-order valence-corrected chi connectivity index (χ4v) is 3.70. The predicted octanol–water partition coefficient (Wildman–Crippen LogP) is 4.65. The van der Waals surface area contributed by atoms with E-state index in [2.05, 4.69) is 10.3 Å². The van der Waals surface area contributed by atoms with Crippen molar-refractivity contribution >= 4 is 27.5 Å². The number of carbonyl (C=O) groups is 1. The number of benzene rings is 2. The Morgan fingerprint density at radius 3 is 2.66 bits per heavy atom. The van der Waals surface area contributed by atoms with Crippen molar-refractivity contribution in [3.8, 4) is 22.3 Å². The van der Waals surface area contributed by atoms with Crippen molar-refractivity contribution < 1.29 is 18.7 Å². The highest BCUT2D eigenvalue weighted by atomic mass is 32.1. The average Bonchev–Trinajstić information content (AvgIpc) is 3.39. The van der Waals surface area contributed by atoms with Crippen LogP contribution < -0.4 is 14.8 Å². The minimum Gasteiger partial charge on any atom is -0.497 e. The van der Waals surface area contributed by atoms with Crippen LogP contribution in [0, 0.1) is 0 Å². The van der Waals surface area contributed by atoms with Gasteiger partial charge in [0.15, 0.2) is 10.8 Å². The first-order valence-corrected chi connectivity index (χ1v) is 10.0. The van der Waals surface area contributed by atoms with Crippen molar-refractivity contribution in [2.45, 2.75) is 13.0 Å². The fourth-order valence-electron chi connectivity index (χ4n) is 2.77. The Morgan fingerprint density at radius 2 is 1.86 bits per heavy atom. The molecule has 4 aromatic rings. The number of methoxy groups -OCH3 is 1. The van der Waals surface area contributed by atoms with E-state index in [0.717, 1.165) is 21.0 Å². The first kappa shape index (κ1) is 19.0. The van der Waals surface area contributed by atoms with Crippen LogP contribution in [-0.4, -0.2) is 24.6 Å². The second-order valence-corrected chi connectivity index (χ2v) is 7.33. The number of para-hydroxylation sites is 1. The molecule has 0 radical (unpaired) electrons. The molecule has 0 saturated heterocycles. The molecule has 0 aliphatic heterocycles. The number of carbonyl (C=O) groups excluding carboxylic acids is 1. The van der Waals surface area contributed by atoms with E-state index >= 15 is 0 Å². The van der Waals surface area contributed by atoms with Gasteiger partial charge < -0.3 is 19.2 Å². The lowest BCUT2D eigenvalue weighted by Crippen LogP contribution is -2.24. The number of fused-ring (bicyclic) bond motifs is 1. The average molecular weight is 408 g/mol. The van der Waals surface area contributed by atoms with Gasteiger partial charge in [-0.2, -0.15) is 0 Å². The van der Waals surface area contributed by atoms with Crippen LogP contribution in [0.15, 0.2) is 65.1 Å². The zero-order valence-corrected chi connectivity index (χ0v) is 16.7. The smallest absolute Gasteiger partial charge is 0.223 e.